The molecule has 3 rings (SSSR count). The lowest BCUT2D eigenvalue weighted by molar-refractivity contribution is -0.122. The molecule has 1 saturated heterocycles. The van der Waals surface area contributed by atoms with Crippen molar-refractivity contribution in [3.05, 3.63) is 58.9 Å². The first-order valence-electron chi connectivity index (χ1n) is 8.66. The van der Waals surface area contributed by atoms with Gasteiger partial charge in [0.15, 0.2) is 17.5 Å². The third-order valence-corrected chi connectivity index (χ3v) is 4.76. The van der Waals surface area contributed by atoms with Crippen LogP contribution in [0, 0.1) is 30.3 Å². The smallest absolute Gasteiger partial charge is 0.229 e. The van der Waals surface area contributed by atoms with E-state index in [0.29, 0.717) is 0 Å². The van der Waals surface area contributed by atoms with Crippen LogP contribution in [0.5, 0.6) is 0 Å². The van der Waals surface area contributed by atoms with Crippen LogP contribution in [0.15, 0.2) is 30.3 Å². The van der Waals surface area contributed by atoms with Crippen LogP contribution in [-0.2, 0) is 16.0 Å². The number of nitrogens with zero attached hydrogens (tertiary/aromatic N) is 1. The van der Waals surface area contributed by atoms with Gasteiger partial charge in [-0.1, -0.05) is 25.1 Å². The molecule has 0 spiro atoms. The lowest BCUT2D eigenvalue weighted by atomic mass is 10.0. The number of para-hydroxylation sites is 1. The molecule has 2 amide bonds. The predicted molar refractivity (Wildman–Crippen MR) is 96.0 cm³/mol. The average molecular weight is 376 g/mol. The third kappa shape index (κ3) is 3.54. The maximum atomic E-state index is 13.8. The fraction of sp³-hybridized carbons (Fsp3) is 0.300. The van der Waals surface area contributed by atoms with Crippen molar-refractivity contribution < 1.29 is 22.8 Å². The van der Waals surface area contributed by atoms with Gasteiger partial charge in [-0.15, -0.1) is 0 Å². The number of benzene rings is 2. The summed E-state index contributed by atoms with van der Waals surface area (Å²) in [4.78, 5) is 26.5. The van der Waals surface area contributed by atoms with Gasteiger partial charge in [0, 0.05) is 18.7 Å². The summed E-state index contributed by atoms with van der Waals surface area (Å²) in [5.74, 6) is -5.97. The van der Waals surface area contributed by atoms with Crippen LogP contribution in [0.1, 0.15) is 24.5 Å². The van der Waals surface area contributed by atoms with Gasteiger partial charge in [0.25, 0.3) is 0 Å². The normalized spacial score (nSPS) is 16.7. The predicted octanol–water partition coefficient (Wildman–Crippen LogP) is 3.97. The van der Waals surface area contributed by atoms with E-state index in [0.717, 1.165) is 35.4 Å². The second-order valence-electron chi connectivity index (χ2n) is 6.55. The van der Waals surface area contributed by atoms with Crippen molar-refractivity contribution in [2.75, 3.05) is 16.8 Å². The molecule has 2 aromatic carbocycles. The number of carbonyl (C=O) groups excluding carboxylic acids is 2. The molecule has 27 heavy (non-hydrogen) atoms. The van der Waals surface area contributed by atoms with Crippen molar-refractivity contribution in [2.45, 2.75) is 26.7 Å². The highest BCUT2D eigenvalue weighted by molar-refractivity contribution is 6.04. The van der Waals surface area contributed by atoms with Crippen LogP contribution in [0.4, 0.5) is 24.5 Å². The van der Waals surface area contributed by atoms with Gasteiger partial charge in [0.2, 0.25) is 11.8 Å². The van der Waals surface area contributed by atoms with E-state index >= 15 is 0 Å². The number of hydrogen-bond donors (Lipinski definition) is 1. The van der Waals surface area contributed by atoms with E-state index in [9.17, 15) is 22.8 Å². The molecule has 0 radical (unpaired) electrons. The molecule has 7 heteroatoms. The van der Waals surface area contributed by atoms with Gasteiger partial charge in [-0.25, -0.2) is 13.2 Å². The monoisotopic (exact) mass is 376 g/mol. The lowest BCUT2D eigenvalue weighted by Crippen LogP contribution is -2.29. The van der Waals surface area contributed by atoms with Gasteiger partial charge in [-0.05, 0) is 36.6 Å². The fourth-order valence-corrected chi connectivity index (χ4v) is 3.35. The summed E-state index contributed by atoms with van der Waals surface area (Å²) in [5.41, 5.74) is 2.26. The molecular weight excluding hydrogens is 357 g/mol. The Bertz CT molecular complexity index is 914. The topological polar surface area (TPSA) is 49.4 Å². The number of carbonyl (C=O) groups is 2. The molecule has 1 atom stereocenters. The van der Waals surface area contributed by atoms with Gasteiger partial charge in [0.1, 0.15) is 0 Å². The molecule has 142 valence electrons. The highest BCUT2D eigenvalue weighted by Crippen LogP contribution is 2.32. The quantitative estimate of drug-likeness (QED) is 0.821. The Kier molecular flexibility index (Phi) is 5.21. The lowest BCUT2D eigenvalue weighted by Gasteiger charge is -2.22. The summed E-state index contributed by atoms with van der Waals surface area (Å²) in [6.45, 7) is 4.02. The standard InChI is InChI=1S/C20H19F3N2O2/c1-3-12-6-4-5-11(2)19(12)25-10-13(9-16(25)26)20(27)24-15-8-7-14(21)17(22)18(15)23/h4-8,13H,3,9-10H2,1-2H3,(H,24,27). The van der Waals surface area contributed by atoms with E-state index in [1.54, 1.807) is 4.90 Å². The van der Waals surface area contributed by atoms with Crippen LogP contribution < -0.4 is 10.2 Å². The van der Waals surface area contributed by atoms with E-state index in [4.69, 9.17) is 0 Å². The van der Waals surface area contributed by atoms with Crippen LogP contribution in [0.3, 0.4) is 0 Å². The van der Waals surface area contributed by atoms with E-state index in [1.165, 1.54) is 0 Å². The minimum atomic E-state index is -1.65. The molecule has 1 N–H and O–H groups in total. The third-order valence-electron chi connectivity index (χ3n) is 4.76. The van der Waals surface area contributed by atoms with Gasteiger partial charge in [0.05, 0.1) is 11.6 Å². The summed E-state index contributed by atoms with van der Waals surface area (Å²) in [5, 5.41) is 2.26. The average Bonchev–Trinajstić information content (AvgIpc) is 3.03. The van der Waals surface area contributed by atoms with E-state index < -0.39 is 35.0 Å². The van der Waals surface area contributed by atoms with Gasteiger partial charge >= 0.3 is 0 Å². The molecule has 1 heterocycles. The minimum absolute atomic E-state index is 0.0331. The molecule has 1 fully saturated rings. The van der Waals surface area contributed by atoms with Gasteiger partial charge < -0.3 is 10.2 Å². The van der Waals surface area contributed by atoms with Crippen LogP contribution in [0.25, 0.3) is 0 Å². The SMILES string of the molecule is CCc1cccc(C)c1N1CC(C(=O)Nc2ccc(F)c(F)c2F)CC1=O. The first kappa shape index (κ1) is 18.9. The number of aryl methyl sites for hydroxylation is 2. The molecule has 0 aliphatic carbocycles. The van der Waals surface area contributed by atoms with E-state index in [-0.39, 0.29) is 18.9 Å². The summed E-state index contributed by atoms with van der Waals surface area (Å²) in [7, 11) is 0. The molecule has 1 aliphatic heterocycles. The zero-order chi connectivity index (χ0) is 19.7. The second kappa shape index (κ2) is 7.42. The summed E-state index contributed by atoms with van der Waals surface area (Å²) in [6.07, 6.45) is 0.701. The Labute approximate surface area is 155 Å². The van der Waals surface area contributed by atoms with E-state index in [1.807, 2.05) is 32.0 Å². The molecular formula is C20H19F3N2O2. The number of anilines is 2. The Hall–Kier alpha value is -2.83. The molecule has 1 unspecified atom stereocenters. The number of hydrogen-bond acceptors (Lipinski definition) is 2. The van der Waals surface area contributed by atoms with Crippen LogP contribution >= 0.6 is 0 Å². The fourth-order valence-electron chi connectivity index (χ4n) is 3.35. The molecule has 1 aliphatic rings. The Morgan fingerprint density at radius 3 is 2.63 bits per heavy atom. The minimum Gasteiger partial charge on any atom is -0.323 e. The second-order valence-corrected chi connectivity index (χ2v) is 6.55. The highest BCUT2D eigenvalue weighted by Gasteiger charge is 2.36. The zero-order valence-corrected chi connectivity index (χ0v) is 15.0. The first-order valence-corrected chi connectivity index (χ1v) is 8.66. The molecule has 4 nitrogen and oxygen atoms in total. The summed E-state index contributed by atoms with van der Waals surface area (Å²) < 4.78 is 40.1. The largest absolute Gasteiger partial charge is 0.323 e. The number of amides is 2. The number of nitrogens with one attached hydrogen (secondary N) is 1. The first-order chi connectivity index (χ1) is 12.8. The zero-order valence-electron chi connectivity index (χ0n) is 15.0. The maximum absolute atomic E-state index is 13.8. The molecule has 0 saturated carbocycles. The van der Waals surface area contributed by atoms with Crippen molar-refractivity contribution in [3.63, 3.8) is 0 Å². The molecule has 2 aromatic rings. The summed E-state index contributed by atoms with van der Waals surface area (Å²) in [6, 6.07) is 7.43. The number of halogens is 3. The van der Waals surface area contributed by atoms with Crippen molar-refractivity contribution in [1.82, 2.24) is 0 Å². The van der Waals surface area contributed by atoms with Gasteiger partial charge in [-0.3, -0.25) is 9.59 Å². The Balaban J connectivity index is 1.80. The number of rotatable bonds is 4. The Morgan fingerprint density at radius 2 is 1.93 bits per heavy atom. The van der Waals surface area contributed by atoms with Crippen molar-refractivity contribution in [2.24, 2.45) is 5.92 Å². The Morgan fingerprint density at radius 1 is 1.19 bits per heavy atom. The van der Waals surface area contributed by atoms with Crippen molar-refractivity contribution in [3.8, 4) is 0 Å². The van der Waals surface area contributed by atoms with Crippen LogP contribution in [0.2, 0.25) is 0 Å². The molecule has 0 bridgehead atoms. The molecule has 0 aromatic heterocycles. The van der Waals surface area contributed by atoms with Gasteiger partial charge in [-0.2, -0.15) is 0 Å². The maximum Gasteiger partial charge on any atom is 0.229 e. The van der Waals surface area contributed by atoms with Crippen LogP contribution in [-0.4, -0.2) is 18.4 Å². The van der Waals surface area contributed by atoms with E-state index in [2.05, 4.69) is 5.32 Å². The highest BCUT2D eigenvalue weighted by atomic mass is 19.2. The van der Waals surface area contributed by atoms with Crippen molar-refractivity contribution >= 4 is 23.2 Å². The summed E-state index contributed by atoms with van der Waals surface area (Å²) >= 11 is 0. The van der Waals surface area contributed by atoms with Crippen molar-refractivity contribution in [1.29, 1.82) is 0 Å².